The van der Waals surface area contributed by atoms with Gasteiger partial charge in [-0.2, -0.15) is 0 Å². The van der Waals surface area contributed by atoms with E-state index in [9.17, 15) is 8.42 Å². The van der Waals surface area contributed by atoms with Crippen LogP contribution in [0, 0.1) is 0 Å². The highest BCUT2D eigenvalue weighted by atomic mass is 35.7. The highest BCUT2D eigenvalue weighted by Gasteiger charge is 2.21. The van der Waals surface area contributed by atoms with Crippen molar-refractivity contribution >= 4 is 19.7 Å². The van der Waals surface area contributed by atoms with Crippen LogP contribution in [0.15, 0.2) is 30.3 Å². The van der Waals surface area contributed by atoms with Gasteiger partial charge in [0, 0.05) is 23.2 Å². The summed E-state index contributed by atoms with van der Waals surface area (Å²) in [5.74, 6) is -0.371. The predicted molar refractivity (Wildman–Crippen MR) is 78.6 cm³/mol. The van der Waals surface area contributed by atoms with Crippen LogP contribution in [0.25, 0.3) is 0 Å². The van der Waals surface area contributed by atoms with Gasteiger partial charge in [-0.25, -0.2) is 8.42 Å². The van der Waals surface area contributed by atoms with Gasteiger partial charge < -0.3 is 9.47 Å². The molecule has 2 atom stereocenters. The number of rotatable bonds is 7. The predicted octanol–water partition coefficient (Wildman–Crippen LogP) is 2.53. The normalized spacial score (nSPS) is 20.9. The Morgan fingerprint density at radius 3 is 2.70 bits per heavy atom. The quantitative estimate of drug-likeness (QED) is 0.725. The standard InChI is InChI=1S/C14H19ClO4S/c15-20(16,17)11-13(12-5-2-1-3-6-12)9-18-10-14-7-4-8-19-14/h1-3,5-6,13-14H,4,7-11H2. The Kier molecular flexibility index (Phi) is 5.84. The van der Waals surface area contributed by atoms with Gasteiger partial charge >= 0.3 is 0 Å². The summed E-state index contributed by atoms with van der Waals surface area (Å²) in [5.41, 5.74) is 0.920. The fourth-order valence-electron chi connectivity index (χ4n) is 2.32. The third-order valence-corrected chi connectivity index (χ3v) is 4.50. The van der Waals surface area contributed by atoms with Crippen molar-refractivity contribution in [3.05, 3.63) is 35.9 Å². The van der Waals surface area contributed by atoms with Gasteiger partial charge in [0.1, 0.15) is 0 Å². The Morgan fingerprint density at radius 2 is 2.10 bits per heavy atom. The maximum atomic E-state index is 11.3. The molecular formula is C14H19ClO4S. The Labute approximate surface area is 124 Å². The second-order valence-electron chi connectivity index (χ2n) is 4.99. The summed E-state index contributed by atoms with van der Waals surface area (Å²) in [6.07, 6.45) is 2.20. The molecule has 0 aromatic heterocycles. The number of hydrogen-bond acceptors (Lipinski definition) is 4. The van der Waals surface area contributed by atoms with E-state index in [0.717, 1.165) is 25.0 Å². The van der Waals surface area contributed by atoms with Crippen LogP contribution in [0.5, 0.6) is 0 Å². The van der Waals surface area contributed by atoms with Crippen LogP contribution in [-0.2, 0) is 18.5 Å². The molecule has 1 saturated heterocycles. The zero-order valence-electron chi connectivity index (χ0n) is 11.2. The van der Waals surface area contributed by atoms with E-state index >= 15 is 0 Å². The Bertz CT molecular complexity index is 497. The second-order valence-corrected chi connectivity index (χ2v) is 7.81. The summed E-state index contributed by atoms with van der Waals surface area (Å²) in [7, 11) is 1.82. The van der Waals surface area contributed by atoms with Gasteiger partial charge in [-0.05, 0) is 18.4 Å². The van der Waals surface area contributed by atoms with Gasteiger partial charge in [0.25, 0.3) is 0 Å². The van der Waals surface area contributed by atoms with Gasteiger partial charge in [0.15, 0.2) is 0 Å². The maximum Gasteiger partial charge on any atom is 0.233 e. The first-order valence-corrected chi connectivity index (χ1v) is 9.19. The SMILES string of the molecule is O=S(=O)(Cl)CC(COCC1CCCO1)c1ccccc1. The smallest absolute Gasteiger partial charge is 0.233 e. The average Bonchev–Trinajstić information content (AvgIpc) is 2.90. The van der Waals surface area contributed by atoms with Crippen LogP contribution in [-0.4, -0.2) is 40.1 Å². The maximum absolute atomic E-state index is 11.3. The molecule has 0 N–H and O–H groups in total. The number of ether oxygens (including phenoxy) is 2. The zero-order chi connectivity index (χ0) is 14.4. The largest absolute Gasteiger partial charge is 0.378 e. The molecule has 1 heterocycles. The van der Waals surface area contributed by atoms with Crippen molar-refractivity contribution in [1.29, 1.82) is 0 Å². The summed E-state index contributed by atoms with van der Waals surface area (Å²) in [6.45, 7) is 1.62. The zero-order valence-corrected chi connectivity index (χ0v) is 12.8. The lowest BCUT2D eigenvalue weighted by Gasteiger charge is -2.17. The Hall–Kier alpha value is -0.620. The van der Waals surface area contributed by atoms with Crippen LogP contribution >= 0.6 is 10.7 Å². The lowest BCUT2D eigenvalue weighted by Crippen LogP contribution is -2.20. The fraction of sp³-hybridized carbons (Fsp3) is 0.571. The molecule has 0 saturated carbocycles. The van der Waals surface area contributed by atoms with Crippen LogP contribution in [0.3, 0.4) is 0 Å². The topological polar surface area (TPSA) is 52.6 Å². The summed E-state index contributed by atoms with van der Waals surface area (Å²) >= 11 is 0. The summed E-state index contributed by atoms with van der Waals surface area (Å²) in [6, 6.07) is 9.43. The molecule has 0 amide bonds. The van der Waals surface area contributed by atoms with E-state index in [-0.39, 0.29) is 17.8 Å². The lowest BCUT2D eigenvalue weighted by molar-refractivity contribution is 0.0139. The molecule has 6 heteroatoms. The third kappa shape index (κ3) is 5.40. The van der Waals surface area contributed by atoms with E-state index in [4.69, 9.17) is 20.2 Å². The van der Waals surface area contributed by atoms with Crippen LogP contribution in [0.4, 0.5) is 0 Å². The van der Waals surface area contributed by atoms with E-state index in [2.05, 4.69) is 0 Å². The van der Waals surface area contributed by atoms with Gasteiger partial charge in [0.2, 0.25) is 9.05 Å². The molecule has 2 rings (SSSR count). The molecule has 1 aromatic rings. The molecule has 1 aliphatic rings. The molecule has 1 fully saturated rings. The third-order valence-electron chi connectivity index (χ3n) is 3.32. The highest BCUT2D eigenvalue weighted by molar-refractivity contribution is 8.13. The van der Waals surface area contributed by atoms with Gasteiger partial charge in [-0.1, -0.05) is 30.3 Å². The van der Waals surface area contributed by atoms with E-state index in [0.29, 0.717) is 13.2 Å². The number of benzene rings is 1. The first-order valence-electron chi connectivity index (χ1n) is 6.71. The Balaban J connectivity index is 1.92. The minimum absolute atomic E-state index is 0.121. The molecule has 0 spiro atoms. The molecule has 0 radical (unpaired) electrons. The monoisotopic (exact) mass is 318 g/mol. The highest BCUT2D eigenvalue weighted by Crippen LogP contribution is 2.21. The van der Waals surface area contributed by atoms with Crippen molar-refractivity contribution in [2.24, 2.45) is 0 Å². The molecule has 4 nitrogen and oxygen atoms in total. The molecule has 2 unspecified atom stereocenters. The number of halogens is 1. The van der Waals surface area contributed by atoms with E-state index in [1.54, 1.807) is 0 Å². The first-order chi connectivity index (χ1) is 9.54. The molecular weight excluding hydrogens is 300 g/mol. The van der Waals surface area contributed by atoms with Gasteiger partial charge in [0.05, 0.1) is 25.1 Å². The van der Waals surface area contributed by atoms with Crippen molar-refractivity contribution in [3.63, 3.8) is 0 Å². The van der Waals surface area contributed by atoms with Crippen LogP contribution in [0.2, 0.25) is 0 Å². The van der Waals surface area contributed by atoms with E-state index in [1.165, 1.54) is 0 Å². The lowest BCUT2D eigenvalue weighted by atomic mass is 10.0. The Morgan fingerprint density at radius 1 is 1.35 bits per heavy atom. The molecule has 1 aromatic carbocycles. The molecule has 0 bridgehead atoms. The number of hydrogen-bond donors (Lipinski definition) is 0. The van der Waals surface area contributed by atoms with E-state index in [1.807, 2.05) is 30.3 Å². The van der Waals surface area contributed by atoms with Crippen LogP contribution in [0.1, 0.15) is 24.3 Å². The van der Waals surface area contributed by atoms with Crippen molar-refractivity contribution < 1.29 is 17.9 Å². The minimum atomic E-state index is -3.56. The fourth-order valence-corrected chi connectivity index (χ4v) is 3.55. The van der Waals surface area contributed by atoms with Crippen molar-refractivity contribution in [2.75, 3.05) is 25.6 Å². The summed E-state index contributed by atoms with van der Waals surface area (Å²) in [5, 5.41) is 0. The molecule has 0 aliphatic carbocycles. The summed E-state index contributed by atoms with van der Waals surface area (Å²) < 4.78 is 33.7. The van der Waals surface area contributed by atoms with Gasteiger partial charge in [-0.3, -0.25) is 0 Å². The second kappa shape index (κ2) is 7.41. The molecule has 112 valence electrons. The van der Waals surface area contributed by atoms with Crippen molar-refractivity contribution in [3.8, 4) is 0 Å². The van der Waals surface area contributed by atoms with Crippen molar-refractivity contribution in [1.82, 2.24) is 0 Å². The molecule has 20 heavy (non-hydrogen) atoms. The summed E-state index contributed by atoms with van der Waals surface area (Å²) in [4.78, 5) is 0. The average molecular weight is 319 g/mol. The van der Waals surface area contributed by atoms with E-state index < -0.39 is 9.05 Å². The minimum Gasteiger partial charge on any atom is -0.378 e. The van der Waals surface area contributed by atoms with Crippen LogP contribution < -0.4 is 0 Å². The first kappa shape index (κ1) is 15.8. The van der Waals surface area contributed by atoms with Gasteiger partial charge in [-0.15, -0.1) is 0 Å². The molecule has 1 aliphatic heterocycles. The van der Waals surface area contributed by atoms with Crippen molar-refractivity contribution in [2.45, 2.75) is 24.9 Å².